The molecular weight excluding hydrogens is 329 g/mol. The van der Waals surface area contributed by atoms with E-state index >= 15 is 0 Å². The first-order valence-corrected chi connectivity index (χ1v) is 7.29. The number of rotatable bonds is 5. The first kappa shape index (κ1) is 16.4. The van der Waals surface area contributed by atoms with Gasteiger partial charge >= 0.3 is 5.91 Å². The molecule has 0 unspecified atom stereocenters. The molecule has 0 saturated carbocycles. The van der Waals surface area contributed by atoms with Gasteiger partial charge in [0.05, 0.1) is 12.6 Å². The number of aromatic hydroxyl groups is 1. The highest BCUT2D eigenvalue weighted by Crippen LogP contribution is 2.35. The lowest BCUT2D eigenvalue weighted by Crippen LogP contribution is -2.08. The van der Waals surface area contributed by atoms with E-state index in [1.165, 1.54) is 25.3 Å². The predicted molar refractivity (Wildman–Crippen MR) is 87.9 cm³/mol. The van der Waals surface area contributed by atoms with Crippen LogP contribution < -0.4 is 9.47 Å². The fourth-order valence-corrected chi connectivity index (χ4v) is 2.25. The molecule has 3 rings (SSSR count). The van der Waals surface area contributed by atoms with Gasteiger partial charge in [-0.15, -0.1) is 10.2 Å². The number of nitrogens with one attached hydrogen (secondary N) is 1. The van der Waals surface area contributed by atoms with Crippen LogP contribution in [0.4, 0.5) is 10.1 Å². The standard InChI is InChI=1S/C17H14FN3O4/c1-24-13-4-2-3-5-14(13)25-9-15(22)20-21-16-11-8-10(18)6-7-12(11)19-17(16)23/h2-8,19,23H,9H2,1H3. The molecule has 128 valence electrons. The molecule has 0 saturated heterocycles. The second kappa shape index (κ2) is 7.00. The summed E-state index contributed by atoms with van der Waals surface area (Å²) in [6.45, 7) is -0.360. The highest BCUT2D eigenvalue weighted by Gasteiger charge is 2.12. The molecule has 1 heterocycles. The molecular formula is C17H14FN3O4. The summed E-state index contributed by atoms with van der Waals surface area (Å²) >= 11 is 0. The second-order valence-electron chi connectivity index (χ2n) is 5.05. The van der Waals surface area contributed by atoms with Crippen molar-refractivity contribution in [2.75, 3.05) is 13.7 Å². The van der Waals surface area contributed by atoms with Crippen LogP contribution in [0.15, 0.2) is 52.7 Å². The van der Waals surface area contributed by atoms with Crippen LogP contribution in [0.25, 0.3) is 10.9 Å². The molecule has 2 N–H and O–H groups in total. The number of halogens is 1. The van der Waals surface area contributed by atoms with Crippen molar-refractivity contribution in [1.29, 1.82) is 0 Å². The summed E-state index contributed by atoms with van der Waals surface area (Å²) in [5.41, 5.74) is 0.464. The number of ether oxygens (including phenoxy) is 2. The van der Waals surface area contributed by atoms with Crippen LogP contribution in [0.2, 0.25) is 0 Å². The molecule has 0 aliphatic rings. The number of aromatic nitrogens is 1. The Morgan fingerprint density at radius 1 is 1.24 bits per heavy atom. The third-order valence-corrected chi connectivity index (χ3v) is 3.40. The number of carbonyl (C=O) groups excluding carboxylic acids is 1. The molecule has 0 aliphatic heterocycles. The number of para-hydroxylation sites is 2. The number of carbonyl (C=O) groups is 1. The topological polar surface area (TPSA) is 96.3 Å². The van der Waals surface area contributed by atoms with Gasteiger partial charge in [-0.25, -0.2) is 4.39 Å². The van der Waals surface area contributed by atoms with Crippen LogP contribution in [0.5, 0.6) is 17.4 Å². The summed E-state index contributed by atoms with van der Waals surface area (Å²) in [7, 11) is 1.49. The Bertz CT molecular complexity index is 952. The minimum Gasteiger partial charge on any atom is -0.493 e. The van der Waals surface area contributed by atoms with Crippen molar-refractivity contribution in [3.05, 3.63) is 48.3 Å². The number of methoxy groups -OCH3 is 1. The summed E-state index contributed by atoms with van der Waals surface area (Å²) in [6.07, 6.45) is 0. The number of fused-ring (bicyclic) bond motifs is 1. The van der Waals surface area contributed by atoms with E-state index < -0.39 is 11.7 Å². The lowest BCUT2D eigenvalue weighted by molar-refractivity contribution is -0.120. The SMILES string of the molecule is COc1ccccc1OCC(=O)N=Nc1c(O)[nH]c2ccc(F)cc12. The quantitative estimate of drug-likeness (QED) is 0.690. The maximum Gasteiger partial charge on any atom is 0.302 e. The van der Waals surface area contributed by atoms with Gasteiger partial charge in [-0.2, -0.15) is 0 Å². The smallest absolute Gasteiger partial charge is 0.302 e. The molecule has 1 aromatic heterocycles. The van der Waals surface area contributed by atoms with Gasteiger partial charge in [0.25, 0.3) is 0 Å². The Kier molecular flexibility index (Phi) is 4.60. The number of nitrogens with zero attached hydrogens (tertiary/aromatic N) is 2. The summed E-state index contributed by atoms with van der Waals surface area (Å²) in [6, 6.07) is 10.7. The number of benzene rings is 2. The van der Waals surface area contributed by atoms with Crippen LogP contribution in [0.3, 0.4) is 0 Å². The minimum absolute atomic E-state index is 0.0138. The average molecular weight is 343 g/mol. The van der Waals surface area contributed by atoms with Crippen LogP contribution in [-0.4, -0.2) is 29.7 Å². The zero-order chi connectivity index (χ0) is 17.8. The Hall–Kier alpha value is -3.42. The maximum atomic E-state index is 13.3. The second-order valence-corrected chi connectivity index (χ2v) is 5.05. The highest BCUT2D eigenvalue weighted by atomic mass is 19.1. The van der Waals surface area contributed by atoms with Gasteiger partial charge < -0.3 is 19.6 Å². The van der Waals surface area contributed by atoms with Crippen molar-refractivity contribution in [2.24, 2.45) is 10.2 Å². The summed E-state index contributed by atoms with van der Waals surface area (Å²) in [4.78, 5) is 14.5. The number of azo groups is 1. The van der Waals surface area contributed by atoms with Crippen molar-refractivity contribution in [3.63, 3.8) is 0 Å². The number of aromatic amines is 1. The van der Waals surface area contributed by atoms with Gasteiger partial charge in [0.1, 0.15) is 5.82 Å². The molecule has 0 aliphatic carbocycles. The minimum atomic E-state index is -0.670. The van der Waals surface area contributed by atoms with Gasteiger partial charge in [-0.05, 0) is 30.3 Å². The highest BCUT2D eigenvalue weighted by molar-refractivity contribution is 5.94. The third-order valence-electron chi connectivity index (χ3n) is 3.40. The lowest BCUT2D eigenvalue weighted by atomic mass is 10.2. The molecule has 2 aromatic carbocycles. The molecule has 0 radical (unpaired) electrons. The van der Waals surface area contributed by atoms with E-state index in [0.717, 1.165) is 0 Å². The summed E-state index contributed by atoms with van der Waals surface area (Å²) < 4.78 is 23.8. The van der Waals surface area contributed by atoms with E-state index in [1.807, 2.05) is 0 Å². The maximum absolute atomic E-state index is 13.3. The Labute approximate surface area is 141 Å². The Morgan fingerprint density at radius 2 is 2.00 bits per heavy atom. The first-order chi connectivity index (χ1) is 12.1. The van der Waals surface area contributed by atoms with E-state index in [2.05, 4.69) is 15.2 Å². The molecule has 0 atom stereocenters. The Morgan fingerprint density at radius 3 is 2.76 bits per heavy atom. The summed E-state index contributed by atoms with van der Waals surface area (Å²) in [5, 5.41) is 17.3. The molecule has 0 fully saturated rings. The van der Waals surface area contributed by atoms with Crippen LogP contribution in [0, 0.1) is 5.82 Å². The largest absolute Gasteiger partial charge is 0.493 e. The van der Waals surface area contributed by atoms with E-state index in [1.54, 1.807) is 24.3 Å². The van der Waals surface area contributed by atoms with Crippen LogP contribution in [0.1, 0.15) is 0 Å². The zero-order valence-electron chi connectivity index (χ0n) is 13.2. The van der Waals surface area contributed by atoms with Crippen molar-refractivity contribution < 1.29 is 23.8 Å². The molecule has 3 aromatic rings. The third kappa shape index (κ3) is 3.57. The van der Waals surface area contributed by atoms with Crippen molar-refractivity contribution in [2.45, 2.75) is 0 Å². The van der Waals surface area contributed by atoms with Crippen LogP contribution in [-0.2, 0) is 4.79 Å². The Balaban J connectivity index is 1.73. The summed E-state index contributed by atoms with van der Waals surface area (Å²) in [5.74, 6) is -0.588. The fraction of sp³-hybridized carbons (Fsp3) is 0.118. The van der Waals surface area contributed by atoms with Gasteiger partial charge in [0, 0.05) is 5.39 Å². The van der Waals surface area contributed by atoms with Gasteiger partial charge in [-0.3, -0.25) is 4.79 Å². The van der Waals surface area contributed by atoms with Crippen molar-refractivity contribution in [3.8, 4) is 17.4 Å². The zero-order valence-corrected chi connectivity index (χ0v) is 13.2. The van der Waals surface area contributed by atoms with Gasteiger partial charge in [-0.1, -0.05) is 12.1 Å². The number of H-pyrrole nitrogens is 1. The van der Waals surface area contributed by atoms with Crippen molar-refractivity contribution >= 4 is 22.5 Å². The molecule has 25 heavy (non-hydrogen) atoms. The van der Waals surface area contributed by atoms with E-state index in [-0.39, 0.29) is 18.2 Å². The van der Waals surface area contributed by atoms with E-state index in [0.29, 0.717) is 22.4 Å². The lowest BCUT2D eigenvalue weighted by Gasteiger charge is -2.07. The monoisotopic (exact) mass is 343 g/mol. The first-order valence-electron chi connectivity index (χ1n) is 7.29. The molecule has 0 bridgehead atoms. The van der Waals surface area contributed by atoms with Gasteiger partial charge in [0.15, 0.2) is 23.8 Å². The number of amides is 1. The van der Waals surface area contributed by atoms with Crippen molar-refractivity contribution in [1.82, 2.24) is 4.98 Å². The number of hydrogen-bond donors (Lipinski definition) is 2. The molecule has 1 amide bonds. The molecule has 7 nitrogen and oxygen atoms in total. The normalized spacial score (nSPS) is 11.1. The van der Waals surface area contributed by atoms with E-state index in [9.17, 15) is 14.3 Å². The number of hydrogen-bond acceptors (Lipinski definition) is 5. The van der Waals surface area contributed by atoms with Crippen LogP contribution >= 0.6 is 0 Å². The molecule has 8 heteroatoms. The van der Waals surface area contributed by atoms with Gasteiger partial charge in [0.2, 0.25) is 5.88 Å². The average Bonchev–Trinajstić information content (AvgIpc) is 2.93. The van der Waals surface area contributed by atoms with E-state index in [4.69, 9.17) is 9.47 Å². The fourth-order valence-electron chi connectivity index (χ4n) is 2.25. The molecule has 0 spiro atoms. The predicted octanol–water partition coefficient (Wildman–Crippen LogP) is 3.71.